The summed E-state index contributed by atoms with van der Waals surface area (Å²) in [6, 6.07) is 4.82. The first-order valence-electron chi connectivity index (χ1n) is 6.10. The Morgan fingerprint density at radius 1 is 1.57 bits per heavy atom. The summed E-state index contributed by atoms with van der Waals surface area (Å²) in [7, 11) is 0. The zero-order chi connectivity index (χ0) is 15.2. The molecule has 110 valence electrons. The number of ether oxygens (including phenoxy) is 1. The summed E-state index contributed by atoms with van der Waals surface area (Å²) >= 11 is 5.79. The van der Waals surface area contributed by atoms with Gasteiger partial charge in [-0.05, 0) is 30.7 Å². The van der Waals surface area contributed by atoms with E-state index in [1.165, 1.54) is 18.5 Å². The number of halogens is 1. The van der Waals surface area contributed by atoms with E-state index in [0.29, 0.717) is 23.6 Å². The van der Waals surface area contributed by atoms with Crippen molar-refractivity contribution >= 4 is 23.5 Å². The van der Waals surface area contributed by atoms with Gasteiger partial charge in [-0.2, -0.15) is 10.2 Å². The molecule has 21 heavy (non-hydrogen) atoms. The number of aromatic amines is 1. The van der Waals surface area contributed by atoms with E-state index >= 15 is 0 Å². The fourth-order valence-electron chi connectivity index (χ4n) is 1.52. The number of benzene rings is 1. The van der Waals surface area contributed by atoms with E-state index in [4.69, 9.17) is 16.3 Å². The minimum Gasteiger partial charge on any atom is -0.504 e. The van der Waals surface area contributed by atoms with Gasteiger partial charge in [0.15, 0.2) is 11.5 Å². The third kappa shape index (κ3) is 3.73. The average molecular weight is 309 g/mol. The molecule has 8 heteroatoms. The van der Waals surface area contributed by atoms with Crippen LogP contribution in [0.1, 0.15) is 12.5 Å². The van der Waals surface area contributed by atoms with Gasteiger partial charge in [0.05, 0.1) is 19.0 Å². The number of nitrogens with one attached hydrogen (secondary N) is 2. The second-order valence-corrected chi connectivity index (χ2v) is 4.33. The first-order valence-corrected chi connectivity index (χ1v) is 6.47. The van der Waals surface area contributed by atoms with Gasteiger partial charge in [-0.15, -0.1) is 0 Å². The molecule has 0 saturated carbocycles. The van der Waals surface area contributed by atoms with Crippen molar-refractivity contribution in [2.24, 2.45) is 5.10 Å². The van der Waals surface area contributed by atoms with Gasteiger partial charge in [0.25, 0.3) is 5.56 Å². The van der Waals surface area contributed by atoms with Crippen LogP contribution in [0.4, 0.5) is 5.69 Å². The van der Waals surface area contributed by atoms with Crippen LogP contribution in [0.15, 0.2) is 34.3 Å². The summed E-state index contributed by atoms with van der Waals surface area (Å²) in [6.45, 7) is 2.27. The van der Waals surface area contributed by atoms with Gasteiger partial charge >= 0.3 is 0 Å². The van der Waals surface area contributed by atoms with Gasteiger partial charge in [-0.25, -0.2) is 5.10 Å². The maximum absolute atomic E-state index is 11.2. The van der Waals surface area contributed by atoms with E-state index in [2.05, 4.69) is 20.7 Å². The summed E-state index contributed by atoms with van der Waals surface area (Å²) in [5, 5.41) is 19.3. The van der Waals surface area contributed by atoms with Crippen LogP contribution in [-0.4, -0.2) is 28.1 Å². The standard InChI is InChI=1S/C13H13ClN4O3/c1-2-21-11-5-8(3-4-10(11)19)6-15-17-9-7-16-18-13(20)12(9)14/h3-7,19H,2H2,1H3,(H2,17,18,20)/b15-6+. The smallest absolute Gasteiger partial charge is 0.285 e. The minimum atomic E-state index is -0.500. The maximum Gasteiger partial charge on any atom is 0.285 e. The number of nitrogens with zero attached hydrogens (tertiary/aromatic N) is 2. The van der Waals surface area contributed by atoms with Gasteiger partial charge in [-0.1, -0.05) is 11.6 Å². The number of phenolic OH excluding ortho intramolecular Hbond substituents is 1. The first-order chi connectivity index (χ1) is 10.1. The predicted octanol–water partition coefficient (Wildman–Crippen LogP) is 1.97. The molecule has 1 aromatic heterocycles. The lowest BCUT2D eigenvalue weighted by Crippen LogP contribution is -2.10. The van der Waals surface area contributed by atoms with Gasteiger partial charge in [0, 0.05) is 0 Å². The highest BCUT2D eigenvalue weighted by atomic mass is 35.5. The van der Waals surface area contributed by atoms with Crippen LogP contribution in [0, 0.1) is 0 Å². The summed E-state index contributed by atoms with van der Waals surface area (Å²) in [6.07, 6.45) is 2.85. The van der Waals surface area contributed by atoms with Crippen molar-refractivity contribution in [3.05, 3.63) is 45.3 Å². The second-order valence-electron chi connectivity index (χ2n) is 3.96. The first kappa shape index (κ1) is 14.9. The van der Waals surface area contributed by atoms with Crippen LogP contribution in [0.25, 0.3) is 0 Å². The number of aromatic nitrogens is 2. The molecular weight excluding hydrogens is 296 g/mol. The van der Waals surface area contributed by atoms with E-state index in [9.17, 15) is 9.90 Å². The summed E-state index contributed by atoms with van der Waals surface area (Å²) in [4.78, 5) is 11.2. The lowest BCUT2D eigenvalue weighted by atomic mass is 10.2. The molecule has 0 amide bonds. The molecule has 0 unspecified atom stereocenters. The zero-order valence-electron chi connectivity index (χ0n) is 11.1. The Morgan fingerprint density at radius 2 is 2.38 bits per heavy atom. The molecule has 0 fully saturated rings. The molecule has 0 aliphatic heterocycles. The van der Waals surface area contributed by atoms with Crippen LogP contribution in [-0.2, 0) is 0 Å². The molecule has 0 aliphatic carbocycles. The Bertz CT molecular complexity index is 715. The normalized spacial score (nSPS) is 10.8. The molecule has 1 aromatic carbocycles. The number of hydrogen-bond donors (Lipinski definition) is 3. The third-order valence-corrected chi connectivity index (χ3v) is 2.85. The van der Waals surface area contributed by atoms with Gasteiger partial charge in [0.2, 0.25) is 0 Å². The summed E-state index contributed by atoms with van der Waals surface area (Å²) in [5.74, 6) is 0.432. The SMILES string of the molecule is CCOc1cc(/C=N/Nc2cn[nH]c(=O)c2Cl)ccc1O. The van der Waals surface area contributed by atoms with E-state index in [-0.39, 0.29) is 10.8 Å². The van der Waals surface area contributed by atoms with Crippen LogP contribution in [0.2, 0.25) is 5.02 Å². The molecule has 1 heterocycles. The van der Waals surface area contributed by atoms with Crippen molar-refractivity contribution in [3.63, 3.8) is 0 Å². The van der Waals surface area contributed by atoms with E-state index in [1.54, 1.807) is 12.1 Å². The molecular formula is C13H13ClN4O3. The summed E-state index contributed by atoms with van der Waals surface area (Å²) in [5.41, 5.74) is 3.12. The van der Waals surface area contributed by atoms with Crippen LogP contribution in [0.5, 0.6) is 11.5 Å². The van der Waals surface area contributed by atoms with Crippen molar-refractivity contribution < 1.29 is 9.84 Å². The van der Waals surface area contributed by atoms with E-state index in [0.717, 1.165) is 0 Å². The predicted molar refractivity (Wildman–Crippen MR) is 80.4 cm³/mol. The molecule has 2 rings (SSSR count). The topological polar surface area (TPSA) is 99.6 Å². The molecule has 0 spiro atoms. The highest BCUT2D eigenvalue weighted by molar-refractivity contribution is 6.32. The molecule has 0 saturated heterocycles. The van der Waals surface area contributed by atoms with Gasteiger partial charge < -0.3 is 9.84 Å². The van der Waals surface area contributed by atoms with Crippen molar-refractivity contribution in [2.75, 3.05) is 12.0 Å². The highest BCUT2D eigenvalue weighted by Crippen LogP contribution is 2.26. The quantitative estimate of drug-likeness (QED) is 0.579. The molecule has 3 N–H and O–H groups in total. The number of hydrogen-bond acceptors (Lipinski definition) is 6. The zero-order valence-corrected chi connectivity index (χ0v) is 11.9. The van der Waals surface area contributed by atoms with Gasteiger partial charge in [0.1, 0.15) is 10.7 Å². The lowest BCUT2D eigenvalue weighted by molar-refractivity contribution is 0.318. The third-order valence-electron chi connectivity index (χ3n) is 2.48. The van der Waals surface area contributed by atoms with Crippen molar-refractivity contribution in [1.29, 1.82) is 0 Å². The Balaban J connectivity index is 2.13. The number of rotatable bonds is 5. The largest absolute Gasteiger partial charge is 0.504 e. The molecule has 0 bridgehead atoms. The van der Waals surface area contributed by atoms with E-state index in [1.807, 2.05) is 6.92 Å². The molecule has 0 radical (unpaired) electrons. The Kier molecular flexibility index (Phi) is 4.78. The monoisotopic (exact) mass is 308 g/mol. The van der Waals surface area contributed by atoms with E-state index < -0.39 is 5.56 Å². The average Bonchev–Trinajstić information content (AvgIpc) is 2.47. The lowest BCUT2D eigenvalue weighted by Gasteiger charge is -2.06. The molecule has 0 atom stereocenters. The number of aromatic hydroxyl groups is 1. The fraction of sp³-hybridized carbons (Fsp3) is 0.154. The minimum absolute atomic E-state index is 0.0251. The Labute approximate surface area is 125 Å². The fourth-order valence-corrected chi connectivity index (χ4v) is 1.65. The Morgan fingerprint density at radius 3 is 3.14 bits per heavy atom. The Hall–Kier alpha value is -2.54. The molecule has 7 nitrogen and oxygen atoms in total. The van der Waals surface area contributed by atoms with Crippen LogP contribution in [0.3, 0.4) is 0 Å². The summed E-state index contributed by atoms with van der Waals surface area (Å²) < 4.78 is 5.27. The molecule has 0 aliphatic rings. The van der Waals surface area contributed by atoms with Crippen LogP contribution < -0.4 is 15.7 Å². The van der Waals surface area contributed by atoms with Crippen molar-refractivity contribution in [2.45, 2.75) is 6.92 Å². The molecule has 2 aromatic rings. The van der Waals surface area contributed by atoms with Crippen molar-refractivity contribution in [1.82, 2.24) is 10.2 Å². The van der Waals surface area contributed by atoms with Gasteiger partial charge in [-0.3, -0.25) is 10.2 Å². The highest BCUT2D eigenvalue weighted by Gasteiger charge is 2.04. The number of H-pyrrole nitrogens is 1. The second kappa shape index (κ2) is 6.76. The van der Waals surface area contributed by atoms with Crippen LogP contribution >= 0.6 is 11.6 Å². The maximum atomic E-state index is 11.2. The number of phenols is 1. The van der Waals surface area contributed by atoms with Crippen molar-refractivity contribution in [3.8, 4) is 11.5 Å². The number of hydrazone groups is 1. The number of anilines is 1.